The van der Waals surface area contributed by atoms with Crippen molar-refractivity contribution in [2.45, 2.75) is 0 Å². The van der Waals surface area contributed by atoms with E-state index in [0.717, 1.165) is 50.1 Å². The molecule has 7 aromatic rings. The summed E-state index contributed by atoms with van der Waals surface area (Å²) in [5.41, 5.74) is 5.16. The van der Waals surface area contributed by atoms with Crippen molar-refractivity contribution in [3.8, 4) is 34.3 Å². The molecule has 6 nitrogen and oxygen atoms in total. The molecule has 0 aliphatic rings. The van der Waals surface area contributed by atoms with Gasteiger partial charge in [0.05, 0.1) is 22.9 Å². The second-order valence-corrected chi connectivity index (χ2v) is 8.72. The molecule has 0 unspecified atom stereocenters. The Hall–Kier alpha value is -5.23. The van der Waals surface area contributed by atoms with E-state index in [1.807, 2.05) is 89.9 Å². The highest BCUT2D eigenvalue weighted by Crippen LogP contribution is 2.34. The lowest BCUT2D eigenvalue weighted by Gasteiger charge is -2.09. The summed E-state index contributed by atoms with van der Waals surface area (Å²) in [7, 11) is 0. The zero-order chi connectivity index (χ0) is 24.6. The lowest BCUT2D eigenvalue weighted by molar-refractivity contribution is 0.483. The molecular formula is C31H21N5O. The molecule has 37 heavy (non-hydrogen) atoms. The summed E-state index contributed by atoms with van der Waals surface area (Å²) in [6.45, 7) is 0. The smallest absolute Gasteiger partial charge is 0.234 e. The number of rotatable bonds is 5. The molecule has 6 heteroatoms. The van der Waals surface area contributed by atoms with E-state index in [1.54, 1.807) is 12.4 Å². The van der Waals surface area contributed by atoms with Gasteiger partial charge in [0, 0.05) is 47.1 Å². The Labute approximate surface area is 213 Å². The van der Waals surface area contributed by atoms with Crippen LogP contribution in [0.3, 0.4) is 0 Å². The fourth-order valence-corrected chi connectivity index (χ4v) is 4.71. The van der Waals surface area contributed by atoms with Gasteiger partial charge in [-0.25, -0.2) is 14.6 Å². The normalized spacial score (nSPS) is 11.2. The van der Waals surface area contributed by atoms with Crippen LogP contribution >= 0.6 is 0 Å². The van der Waals surface area contributed by atoms with Gasteiger partial charge in [-0.2, -0.15) is 5.10 Å². The standard InChI is InChI=1S/C31H21N5O/c1-2-8-22(9-3-1)23-20-34-35(21-23)24-10-6-11-25(18-24)37-26-14-15-28-27-12-4-5-13-29(27)36(30(28)19-26)31-32-16-7-17-33-31/h1-21H. The maximum absolute atomic E-state index is 6.33. The van der Waals surface area contributed by atoms with E-state index >= 15 is 0 Å². The van der Waals surface area contributed by atoms with Crippen molar-refractivity contribution < 1.29 is 4.74 Å². The Morgan fingerprint density at radius 3 is 2.27 bits per heavy atom. The van der Waals surface area contributed by atoms with Gasteiger partial charge in [-0.05, 0) is 42.0 Å². The Bertz CT molecular complexity index is 1860. The molecule has 0 radical (unpaired) electrons. The molecule has 7 rings (SSSR count). The molecule has 0 saturated carbocycles. The topological polar surface area (TPSA) is 57.8 Å². The minimum Gasteiger partial charge on any atom is -0.457 e. The zero-order valence-corrected chi connectivity index (χ0v) is 19.8. The number of para-hydroxylation sites is 1. The molecule has 176 valence electrons. The van der Waals surface area contributed by atoms with Crippen molar-refractivity contribution in [3.05, 3.63) is 128 Å². The van der Waals surface area contributed by atoms with Crippen molar-refractivity contribution >= 4 is 21.8 Å². The van der Waals surface area contributed by atoms with Crippen molar-refractivity contribution in [2.75, 3.05) is 0 Å². The first-order valence-electron chi connectivity index (χ1n) is 12.0. The van der Waals surface area contributed by atoms with E-state index in [0.29, 0.717) is 5.95 Å². The van der Waals surface area contributed by atoms with Gasteiger partial charge >= 0.3 is 0 Å². The van der Waals surface area contributed by atoms with Crippen LogP contribution in [0.4, 0.5) is 0 Å². The number of fused-ring (bicyclic) bond motifs is 3. The minimum absolute atomic E-state index is 0.626. The number of hydrogen-bond acceptors (Lipinski definition) is 4. The average Bonchev–Trinajstić information content (AvgIpc) is 3.58. The maximum Gasteiger partial charge on any atom is 0.234 e. The van der Waals surface area contributed by atoms with Crippen LogP contribution in [0.2, 0.25) is 0 Å². The molecule has 3 aromatic heterocycles. The summed E-state index contributed by atoms with van der Waals surface area (Å²) in [4.78, 5) is 9.01. The number of nitrogens with zero attached hydrogens (tertiary/aromatic N) is 5. The van der Waals surface area contributed by atoms with E-state index in [1.165, 1.54) is 0 Å². The first-order chi connectivity index (χ1) is 18.3. The number of ether oxygens (including phenoxy) is 1. The molecule has 0 fully saturated rings. The Morgan fingerprint density at radius 1 is 0.595 bits per heavy atom. The number of benzene rings is 4. The molecule has 0 atom stereocenters. The highest BCUT2D eigenvalue weighted by molar-refractivity contribution is 6.09. The Balaban J connectivity index is 1.26. The van der Waals surface area contributed by atoms with Gasteiger partial charge in [0.25, 0.3) is 0 Å². The van der Waals surface area contributed by atoms with Crippen LogP contribution in [0, 0.1) is 0 Å². The van der Waals surface area contributed by atoms with E-state index in [2.05, 4.69) is 50.0 Å². The molecule has 0 N–H and O–H groups in total. The summed E-state index contributed by atoms with van der Waals surface area (Å²) in [6.07, 6.45) is 7.42. The molecule has 0 spiro atoms. The summed E-state index contributed by atoms with van der Waals surface area (Å²) in [6, 6.07) is 34.4. The van der Waals surface area contributed by atoms with Crippen LogP contribution in [0.1, 0.15) is 0 Å². The van der Waals surface area contributed by atoms with Gasteiger partial charge in [0.15, 0.2) is 0 Å². The van der Waals surface area contributed by atoms with Crippen LogP contribution < -0.4 is 4.74 Å². The van der Waals surface area contributed by atoms with Crippen molar-refractivity contribution in [1.29, 1.82) is 0 Å². The quantitative estimate of drug-likeness (QED) is 0.262. The van der Waals surface area contributed by atoms with Gasteiger partial charge < -0.3 is 4.74 Å². The van der Waals surface area contributed by atoms with E-state index in [4.69, 9.17) is 4.74 Å². The van der Waals surface area contributed by atoms with Gasteiger partial charge in [-0.15, -0.1) is 0 Å². The monoisotopic (exact) mass is 479 g/mol. The number of hydrogen-bond donors (Lipinski definition) is 0. The lowest BCUT2D eigenvalue weighted by Crippen LogP contribution is -1.99. The van der Waals surface area contributed by atoms with Gasteiger partial charge in [0.2, 0.25) is 5.95 Å². The largest absolute Gasteiger partial charge is 0.457 e. The van der Waals surface area contributed by atoms with Gasteiger partial charge in [-0.1, -0.05) is 54.6 Å². The molecule has 0 amide bonds. The van der Waals surface area contributed by atoms with Crippen LogP contribution in [-0.2, 0) is 0 Å². The van der Waals surface area contributed by atoms with Gasteiger partial charge in [0.1, 0.15) is 11.5 Å². The highest BCUT2D eigenvalue weighted by atomic mass is 16.5. The molecule has 3 heterocycles. The zero-order valence-electron chi connectivity index (χ0n) is 19.8. The number of aromatic nitrogens is 5. The molecular weight excluding hydrogens is 458 g/mol. The molecule has 0 bridgehead atoms. The molecule has 0 aliphatic heterocycles. The average molecular weight is 480 g/mol. The van der Waals surface area contributed by atoms with Crippen LogP contribution in [-0.4, -0.2) is 24.3 Å². The molecule has 0 aliphatic carbocycles. The predicted octanol–water partition coefficient (Wildman–Crippen LogP) is 7.22. The van der Waals surface area contributed by atoms with Crippen molar-refractivity contribution in [1.82, 2.24) is 24.3 Å². The second kappa shape index (κ2) is 8.77. The van der Waals surface area contributed by atoms with Gasteiger partial charge in [-0.3, -0.25) is 4.57 Å². The van der Waals surface area contributed by atoms with Crippen molar-refractivity contribution in [3.63, 3.8) is 0 Å². The third-order valence-corrected chi connectivity index (χ3v) is 6.40. The first kappa shape index (κ1) is 21.1. The second-order valence-electron chi connectivity index (χ2n) is 8.72. The van der Waals surface area contributed by atoms with Crippen LogP contribution in [0.25, 0.3) is 44.6 Å². The first-order valence-corrected chi connectivity index (χ1v) is 12.0. The fourth-order valence-electron chi connectivity index (χ4n) is 4.71. The summed E-state index contributed by atoms with van der Waals surface area (Å²) < 4.78 is 10.3. The van der Waals surface area contributed by atoms with Crippen LogP contribution in [0.5, 0.6) is 11.5 Å². The predicted molar refractivity (Wildman–Crippen MR) is 145 cm³/mol. The van der Waals surface area contributed by atoms with E-state index < -0.39 is 0 Å². The van der Waals surface area contributed by atoms with E-state index in [-0.39, 0.29) is 0 Å². The SMILES string of the molecule is c1ccc(-c2cnn(-c3cccc(Oc4ccc5c6ccccc6n(-c6ncccn6)c5c4)c3)c2)cc1. The summed E-state index contributed by atoms with van der Waals surface area (Å²) in [5, 5.41) is 6.83. The third-order valence-electron chi connectivity index (χ3n) is 6.40. The van der Waals surface area contributed by atoms with Crippen LogP contribution in [0.15, 0.2) is 128 Å². The Kier molecular flexibility index (Phi) is 5.00. The third kappa shape index (κ3) is 3.81. The summed E-state index contributed by atoms with van der Waals surface area (Å²) >= 11 is 0. The Morgan fingerprint density at radius 2 is 1.38 bits per heavy atom. The van der Waals surface area contributed by atoms with Crippen molar-refractivity contribution in [2.24, 2.45) is 0 Å². The molecule has 0 saturated heterocycles. The lowest BCUT2D eigenvalue weighted by atomic mass is 10.1. The molecule has 4 aromatic carbocycles. The maximum atomic E-state index is 6.33. The highest BCUT2D eigenvalue weighted by Gasteiger charge is 2.14. The van der Waals surface area contributed by atoms with E-state index in [9.17, 15) is 0 Å². The summed E-state index contributed by atoms with van der Waals surface area (Å²) in [5.74, 6) is 2.09. The fraction of sp³-hybridized carbons (Fsp3) is 0. The minimum atomic E-state index is 0.626.